The molecular formula is C17H20N2OS. The van der Waals surface area contributed by atoms with Gasteiger partial charge >= 0.3 is 0 Å². The topological polar surface area (TPSA) is 41.1 Å². The van der Waals surface area contributed by atoms with Gasteiger partial charge in [-0.25, -0.2) is 0 Å². The van der Waals surface area contributed by atoms with E-state index in [4.69, 9.17) is 0 Å². The number of carbonyl (C=O) groups excluding carboxylic acids is 1. The predicted octanol–water partition coefficient (Wildman–Crippen LogP) is 4.12. The van der Waals surface area contributed by atoms with Crippen LogP contribution >= 0.6 is 11.3 Å². The lowest BCUT2D eigenvalue weighted by atomic mass is 10.1. The molecule has 1 aliphatic rings. The third-order valence-corrected chi connectivity index (χ3v) is 4.79. The highest BCUT2D eigenvalue weighted by molar-refractivity contribution is 7.12. The first-order valence-electron chi connectivity index (χ1n) is 7.35. The maximum Gasteiger partial charge on any atom is 0.251 e. The Bertz CT molecular complexity index is 646. The number of aryl methyl sites for hydroxylation is 1. The second-order valence-electron chi connectivity index (χ2n) is 5.64. The fraction of sp³-hybridized carbons (Fsp3) is 0.353. The van der Waals surface area contributed by atoms with Crippen molar-refractivity contribution in [3.05, 3.63) is 51.7 Å². The summed E-state index contributed by atoms with van der Waals surface area (Å²) in [6.07, 6.45) is 2.22. The Balaban J connectivity index is 1.68. The number of amides is 1. The predicted molar refractivity (Wildman–Crippen MR) is 88.0 cm³/mol. The summed E-state index contributed by atoms with van der Waals surface area (Å²) in [6, 6.07) is 12.6. The third kappa shape index (κ3) is 3.64. The number of hydrogen-bond acceptors (Lipinski definition) is 3. The number of carbonyl (C=O) groups is 1. The van der Waals surface area contributed by atoms with Gasteiger partial charge in [-0.2, -0.15) is 0 Å². The summed E-state index contributed by atoms with van der Waals surface area (Å²) in [5, 5.41) is 6.49. The third-order valence-electron chi connectivity index (χ3n) is 3.61. The lowest BCUT2D eigenvalue weighted by Gasteiger charge is -2.14. The first-order chi connectivity index (χ1) is 10.1. The van der Waals surface area contributed by atoms with Crippen LogP contribution in [0.5, 0.6) is 0 Å². The van der Waals surface area contributed by atoms with Crippen LogP contribution in [0.1, 0.15) is 45.9 Å². The first kappa shape index (κ1) is 14.1. The van der Waals surface area contributed by atoms with Crippen molar-refractivity contribution in [3.63, 3.8) is 0 Å². The second-order valence-corrected chi connectivity index (χ2v) is 6.96. The fourth-order valence-electron chi connectivity index (χ4n) is 2.25. The summed E-state index contributed by atoms with van der Waals surface area (Å²) in [5.74, 6) is 0.0285. The van der Waals surface area contributed by atoms with Crippen molar-refractivity contribution in [1.29, 1.82) is 0 Å². The van der Waals surface area contributed by atoms with E-state index in [9.17, 15) is 4.79 Å². The zero-order chi connectivity index (χ0) is 14.8. The van der Waals surface area contributed by atoms with E-state index in [-0.39, 0.29) is 11.9 Å². The van der Waals surface area contributed by atoms with Gasteiger partial charge in [0.15, 0.2) is 0 Å². The van der Waals surface area contributed by atoms with Gasteiger partial charge in [-0.1, -0.05) is 6.07 Å². The largest absolute Gasteiger partial charge is 0.378 e. The van der Waals surface area contributed by atoms with Crippen molar-refractivity contribution in [2.24, 2.45) is 0 Å². The first-order valence-corrected chi connectivity index (χ1v) is 8.17. The molecule has 1 aromatic heterocycles. The van der Waals surface area contributed by atoms with Crippen LogP contribution in [-0.2, 0) is 0 Å². The molecular weight excluding hydrogens is 280 g/mol. The molecule has 1 aliphatic carbocycles. The SMILES string of the molecule is Cc1ccc(C(C)Nc2cccc(C(=O)NC3CC3)c2)s1. The summed E-state index contributed by atoms with van der Waals surface area (Å²) in [6.45, 7) is 4.26. The van der Waals surface area contributed by atoms with Gasteiger partial charge in [0.25, 0.3) is 5.91 Å². The molecule has 0 bridgehead atoms. The molecule has 1 unspecified atom stereocenters. The van der Waals surface area contributed by atoms with E-state index < -0.39 is 0 Å². The number of anilines is 1. The number of hydrogen-bond donors (Lipinski definition) is 2. The van der Waals surface area contributed by atoms with Crippen molar-refractivity contribution in [2.45, 2.75) is 38.8 Å². The van der Waals surface area contributed by atoms with Crippen LogP contribution in [0.15, 0.2) is 36.4 Å². The van der Waals surface area contributed by atoms with E-state index in [2.05, 4.69) is 36.6 Å². The summed E-state index contributed by atoms with van der Waals surface area (Å²) < 4.78 is 0. The van der Waals surface area contributed by atoms with E-state index in [1.807, 2.05) is 24.3 Å². The van der Waals surface area contributed by atoms with Gasteiger partial charge in [0.1, 0.15) is 0 Å². The van der Waals surface area contributed by atoms with E-state index in [1.54, 1.807) is 11.3 Å². The molecule has 110 valence electrons. The highest BCUT2D eigenvalue weighted by Gasteiger charge is 2.23. The Kier molecular flexibility index (Phi) is 3.97. The highest BCUT2D eigenvalue weighted by atomic mass is 32.1. The van der Waals surface area contributed by atoms with E-state index in [0.29, 0.717) is 6.04 Å². The van der Waals surface area contributed by atoms with E-state index in [1.165, 1.54) is 9.75 Å². The van der Waals surface area contributed by atoms with E-state index >= 15 is 0 Å². The normalized spacial score (nSPS) is 15.5. The summed E-state index contributed by atoms with van der Waals surface area (Å²) in [4.78, 5) is 14.7. The van der Waals surface area contributed by atoms with Crippen molar-refractivity contribution in [1.82, 2.24) is 5.32 Å². The molecule has 0 radical (unpaired) electrons. The summed E-state index contributed by atoms with van der Waals surface area (Å²) in [5.41, 5.74) is 1.71. The Morgan fingerprint density at radius 2 is 2.10 bits per heavy atom. The summed E-state index contributed by atoms with van der Waals surface area (Å²) >= 11 is 1.80. The molecule has 4 heteroatoms. The van der Waals surface area contributed by atoms with Gasteiger partial charge in [-0.15, -0.1) is 11.3 Å². The number of thiophene rings is 1. The van der Waals surface area contributed by atoms with Crippen molar-refractivity contribution in [2.75, 3.05) is 5.32 Å². The molecule has 0 spiro atoms. The van der Waals surface area contributed by atoms with Crippen molar-refractivity contribution >= 4 is 22.9 Å². The van der Waals surface area contributed by atoms with Crippen molar-refractivity contribution in [3.8, 4) is 0 Å². The Morgan fingerprint density at radius 3 is 2.76 bits per heavy atom. The fourth-order valence-corrected chi connectivity index (χ4v) is 3.13. The Morgan fingerprint density at radius 1 is 1.29 bits per heavy atom. The van der Waals surface area contributed by atoms with Crippen LogP contribution in [0.2, 0.25) is 0 Å². The summed E-state index contributed by atoms with van der Waals surface area (Å²) in [7, 11) is 0. The van der Waals surface area contributed by atoms with E-state index in [0.717, 1.165) is 24.1 Å². The minimum absolute atomic E-state index is 0.0285. The maximum absolute atomic E-state index is 12.1. The lowest BCUT2D eigenvalue weighted by Crippen LogP contribution is -2.25. The van der Waals surface area contributed by atoms with Gasteiger partial charge in [0, 0.05) is 27.0 Å². The van der Waals surface area contributed by atoms with Crippen LogP contribution in [0.25, 0.3) is 0 Å². The molecule has 1 heterocycles. The zero-order valence-electron chi connectivity index (χ0n) is 12.3. The molecule has 0 aliphatic heterocycles. The molecule has 2 N–H and O–H groups in total. The van der Waals surface area contributed by atoms with Crippen LogP contribution in [0, 0.1) is 6.92 Å². The average Bonchev–Trinajstić information content (AvgIpc) is 3.17. The Labute approximate surface area is 129 Å². The molecule has 1 fully saturated rings. The molecule has 3 rings (SSSR count). The van der Waals surface area contributed by atoms with Crippen LogP contribution < -0.4 is 10.6 Å². The van der Waals surface area contributed by atoms with Crippen LogP contribution in [0.4, 0.5) is 5.69 Å². The standard InChI is InChI=1S/C17H20N2OS/c1-11-6-9-16(21-11)12(2)18-15-5-3-4-13(10-15)17(20)19-14-7-8-14/h3-6,9-10,12,14,18H,7-8H2,1-2H3,(H,19,20). The van der Waals surface area contributed by atoms with Gasteiger partial charge in [-0.05, 0) is 57.0 Å². The van der Waals surface area contributed by atoms with Crippen LogP contribution in [-0.4, -0.2) is 11.9 Å². The molecule has 1 atom stereocenters. The monoisotopic (exact) mass is 300 g/mol. The molecule has 21 heavy (non-hydrogen) atoms. The molecule has 1 amide bonds. The average molecular weight is 300 g/mol. The Hall–Kier alpha value is -1.81. The number of benzene rings is 1. The number of rotatable bonds is 5. The molecule has 2 aromatic rings. The quantitative estimate of drug-likeness (QED) is 0.872. The lowest BCUT2D eigenvalue weighted by molar-refractivity contribution is 0.0951. The number of nitrogens with one attached hydrogen (secondary N) is 2. The molecule has 0 saturated heterocycles. The van der Waals surface area contributed by atoms with Crippen LogP contribution in [0.3, 0.4) is 0 Å². The van der Waals surface area contributed by atoms with Gasteiger partial charge in [-0.3, -0.25) is 4.79 Å². The second kappa shape index (κ2) is 5.90. The minimum Gasteiger partial charge on any atom is -0.378 e. The van der Waals surface area contributed by atoms with Gasteiger partial charge in [0.2, 0.25) is 0 Å². The highest BCUT2D eigenvalue weighted by Crippen LogP contribution is 2.26. The molecule has 3 nitrogen and oxygen atoms in total. The zero-order valence-corrected chi connectivity index (χ0v) is 13.2. The molecule has 1 saturated carbocycles. The minimum atomic E-state index is 0.0285. The van der Waals surface area contributed by atoms with Gasteiger partial charge in [0.05, 0.1) is 6.04 Å². The smallest absolute Gasteiger partial charge is 0.251 e. The van der Waals surface area contributed by atoms with Crippen molar-refractivity contribution < 1.29 is 4.79 Å². The molecule has 1 aromatic carbocycles. The van der Waals surface area contributed by atoms with Gasteiger partial charge < -0.3 is 10.6 Å². The maximum atomic E-state index is 12.1.